The van der Waals surface area contributed by atoms with Crippen LogP contribution >= 0.6 is 11.3 Å². The van der Waals surface area contributed by atoms with Gasteiger partial charge in [-0.15, -0.1) is 11.3 Å². The molecular formula is C48H79N7O8S. The van der Waals surface area contributed by atoms with Crippen LogP contribution in [0.5, 0.6) is 0 Å². The number of ether oxygens (including phenoxy) is 3. The number of likely N-dealkylation sites (N-methyl/N-ethyl adjacent to an activating group) is 3. The zero-order valence-electron chi connectivity index (χ0n) is 40.6. The number of nitrogens with one attached hydrogen (secondary N) is 3. The molecule has 16 heteroatoms. The monoisotopic (exact) mass is 914 g/mol. The minimum absolute atomic E-state index is 0.00139. The lowest BCUT2D eigenvalue weighted by molar-refractivity contribution is -0.148. The van der Waals surface area contributed by atoms with E-state index in [4.69, 9.17) is 14.2 Å². The number of rotatable bonds is 28. The SMILES string of the molecule is CCC(C)[C@@H]([C@@H](CC(=O)N1CCC[C@H]1[C@H](OC)[C@@H](C)C(=O)N[C@@H](Cc1ccccc1)c1nccs1)OC)N(C)C(=O)[C@@H](NC(=O)[C@H](C(C)C)N(C)C(=O)CCCOCCNC)C(C)C. The van der Waals surface area contributed by atoms with Crippen LogP contribution in [0, 0.1) is 23.7 Å². The first-order valence-electron chi connectivity index (χ1n) is 23.2. The van der Waals surface area contributed by atoms with Gasteiger partial charge < -0.3 is 44.9 Å². The number of thiazole rings is 1. The summed E-state index contributed by atoms with van der Waals surface area (Å²) in [5.74, 6) is -2.36. The van der Waals surface area contributed by atoms with Crippen molar-refractivity contribution in [1.82, 2.24) is 35.6 Å². The fraction of sp³-hybridized carbons (Fsp3) is 0.708. The number of benzene rings is 1. The molecule has 1 saturated heterocycles. The summed E-state index contributed by atoms with van der Waals surface area (Å²) in [6.45, 7) is 15.7. The van der Waals surface area contributed by atoms with E-state index in [9.17, 15) is 24.0 Å². The molecule has 360 valence electrons. The highest BCUT2D eigenvalue weighted by molar-refractivity contribution is 7.09. The molecule has 5 amide bonds. The van der Waals surface area contributed by atoms with Gasteiger partial charge in [0.15, 0.2) is 0 Å². The third-order valence-corrected chi connectivity index (χ3v) is 13.6. The molecule has 0 radical (unpaired) electrons. The van der Waals surface area contributed by atoms with Crippen molar-refractivity contribution in [2.24, 2.45) is 23.7 Å². The molecule has 3 rings (SSSR count). The number of amides is 5. The minimum atomic E-state index is -0.900. The lowest BCUT2D eigenvalue weighted by Gasteiger charge is -2.41. The molecule has 9 atom stereocenters. The van der Waals surface area contributed by atoms with Crippen LogP contribution in [-0.4, -0.2) is 147 Å². The normalized spacial score (nSPS) is 17.8. The van der Waals surface area contributed by atoms with E-state index in [0.717, 1.165) is 23.5 Å². The number of hydrogen-bond donors (Lipinski definition) is 3. The topological polar surface area (TPSA) is 172 Å². The van der Waals surface area contributed by atoms with Gasteiger partial charge in [0.25, 0.3) is 0 Å². The van der Waals surface area contributed by atoms with Crippen LogP contribution in [0.1, 0.15) is 104 Å². The van der Waals surface area contributed by atoms with E-state index >= 15 is 0 Å². The summed E-state index contributed by atoms with van der Waals surface area (Å²) in [6.07, 6.45) is 3.97. The maximum Gasteiger partial charge on any atom is 0.245 e. The van der Waals surface area contributed by atoms with Gasteiger partial charge in [-0.05, 0) is 56.0 Å². The minimum Gasteiger partial charge on any atom is -0.380 e. The van der Waals surface area contributed by atoms with Crippen LogP contribution in [0.15, 0.2) is 41.9 Å². The van der Waals surface area contributed by atoms with Gasteiger partial charge in [-0.25, -0.2) is 4.98 Å². The van der Waals surface area contributed by atoms with Gasteiger partial charge in [0, 0.05) is 66.0 Å². The van der Waals surface area contributed by atoms with E-state index < -0.39 is 42.2 Å². The standard InChI is InChI=1S/C48H79N7O8S/c1-13-33(6)43(54(10)48(60)41(31(2)3)52-46(59)42(32(4)5)53(9)39(56)22-18-26-63-27-23-49-8)38(61-11)30-40(57)55-25-17-21-37(55)44(62-12)34(7)45(58)51-36(47-50-24-28-64-47)29-35-19-15-14-16-20-35/h14-16,19-20,24,28,31-34,36-38,41-44,49H,13,17-18,21-23,25-27,29-30H2,1-12H3,(H,51,58)(H,52,59)/t33?,34-,36+,37+,38-,41+,42+,43+,44-/m1/s1. The number of likely N-dealkylation sites (tertiary alicyclic amines) is 1. The molecule has 1 aliphatic heterocycles. The third-order valence-electron chi connectivity index (χ3n) is 12.7. The second-order valence-corrected chi connectivity index (χ2v) is 18.9. The molecule has 0 bridgehead atoms. The third kappa shape index (κ3) is 15.3. The molecule has 0 saturated carbocycles. The van der Waals surface area contributed by atoms with Gasteiger partial charge in [0.05, 0.1) is 49.3 Å². The highest BCUT2D eigenvalue weighted by Crippen LogP contribution is 2.31. The van der Waals surface area contributed by atoms with E-state index in [1.807, 2.05) is 96.1 Å². The summed E-state index contributed by atoms with van der Waals surface area (Å²) < 4.78 is 17.7. The van der Waals surface area contributed by atoms with Crippen LogP contribution in [0.25, 0.3) is 0 Å². The molecule has 1 fully saturated rings. The molecule has 1 unspecified atom stereocenters. The number of nitrogens with zero attached hydrogens (tertiary/aromatic N) is 4. The number of carbonyl (C=O) groups is 5. The van der Waals surface area contributed by atoms with Crippen LogP contribution in [0.2, 0.25) is 0 Å². The molecule has 1 aliphatic rings. The Bertz CT molecular complexity index is 1720. The number of carbonyl (C=O) groups excluding carboxylic acids is 5. The molecule has 0 spiro atoms. The average Bonchev–Trinajstić information content (AvgIpc) is 4.00. The highest BCUT2D eigenvalue weighted by Gasteiger charge is 2.43. The maximum absolute atomic E-state index is 14.6. The summed E-state index contributed by atoms with van der Waals surface area (Å²) >= 11 is 1.50. The van der Waals surface area contributed by atoms with Crippen molar-refractivity contribution < 1.29 is 38.2 Å². The summed E-state index contributed by atoms with van der Waals surface area (Å²) in [4.78, 5) is 79.7. The van der Waals surface area contributed by atoms with Crippen LogP contribution in [-0.2, 0) is 44.6 Å². The zero-order chi connectivity index (χ0) is 47.5. The summed E-state index contributed by atoms with van der Waals surface area (Å²) in [5.41, 5.74) is 1.08. The van der Waals surface area contributed by atoms with Crippen molar-refractivity contribution in [3.8, 4) is 0 Å². The molecule has 0 aliphatic carbocycles. The Hall–Kier alpha value is -3.96. The Morgan fingerprint density at radius 2 is 1.62 bits per heavy atom. The van der Waals surface area contributed by atoms with Crippen LogP contribution < -0.4 is 16.0 Å². The van der Waals surface area contributed by atoms with Gasteiger partial charge in [0.2, 0.25) is 29.5 Å². The fourth-order valence-corrected chi connectivity index (χ4v) is 9.59. The molecule has 64 heavy (non-hydrogen) atoms. The van der Waals surface area contributed by atoms with Crippen molar-refractivity contribution in [3.05, 3.63) is 52.5 Å². The quantitative estimate of drug-likeness (QED) is 0.0977. The molecule has 15 nitrogen and oxygen atoms in total. The number of aromatic nitrogens is 1. The lowest BCUT2D eigenvalue weighted by Crippen LogP contribution is -2.60. The average molecular weight is 914 g/mol. The second-order valence-electron chi connectivity index (χ2n) is 18.0. The number of methoxy groups -OCH3 is 2. The van der Waals surface area contributed by atoms with Gasteiger partial charge in [0.1, 0.15) is 17.1 Å². The first-order chi connectivity index (χ1) is 30.5. The second kappa shape index (κ2) is 27.5. The van der Waals surface area contributed by atoms with Gasteiger partial charge in [-0.1, -0.05) is 85.2 Å². The Morgan fingerprint density at radius 1 is 0.922 bits per heavy atom. The van der Waals surface area contributed by atoms with E-state index in [1.165, 1.54) is 16.2 Å². The Morgan fingerprint density at radius 3 is 2.20 bits per heavy atom. The van der Waals surface area contributed by atoms with E-state index in [0.29, 0.717) is 45.4 Å². The van der Waals surface area contributed by atoms with Gasteiger partial charge in [-0.2, -0.15) is 0 Å². The molecule has 1 aromatic heterocycles. The van der Waals surface area contributed by atoms with E-state index in [-0.39, 0.29) is 66.3 Å². The van der Waals surface area contributed by atoms with Crippen LogP contribution in [0.4, 0.5) is 0 Å². The predicted molar refractivity (Wildman–Crippen MR) is 251 cm³/mol. The van der Waals surface area contributed by atoms with Crippen LogP contribution in [0.3, 0.4) is 0 Å². The van der Waals surface area contributed by atoms with Gasteiger partial charge >= 0.3 is 0 Å². The van der Waals surface area contributed by atoms with Crippen molar-refractivity contribution in [3.63, 3.8) is 0 Å². The van der Waals surface area contributed by atoms with E-state index in [2.05, 4.69) is 20.9 Å². The number of hydrogen-bond acceptors (Lipinski definition) is 11. The summed E-state index contributed by atoms with van der Waals surface area (Å²) in [7, 11) is 8.34. The summed E-state index contributed by atoms with van der Waals surface area (Å²) in [6, 6.07) is 7.10. The molecule has 2 heterocycles. The highest BCUT2D eigenvalue weighted by atomic mass is 32.1. The van der Waals surface area contributed by atoms with Crippen molar-refractivity contribution in [2.75, 3.05) is 61.7 Å². The summed E-state index contributed by atoms with van der Waals surface area (Å²) in [5, 5.41) is 12.0. The van der Waals surface area contributed by atoms with Gasteiger partial charge in [-0.3, -0.25) is 24.0 Å². The predicted octanol–water partition coefficient (Wildman–Crippen LogP) is 5.10. The Kier molecular flexibility index (Phi) is 23.4. The Labute approximate surface area is 387 Å². The molecular weight excluding hydrogens is 835 g/mol. The zero-order valence-corrected chi connectivity index (χ0v) is 41.5. The molecule has 3 N–H and O–H groups in total. The smallest absolute Gasteiger partial charge is 0.245 e. The first-order valence-corrected chi connectivity index (χ1v) is 24.0. The van der Waals surface area contributed by atoms with E-state index in [1.54, 1.807) is 39.4 Å². The largest absolute Gasteiger partial charge is 0.380 e. The fourth-order valence-electron chi connectivity index (χ4n) is 8.90. The van der Waals surface area contributed by atoms with Crippen molar-refractivity contribution in [2.45, 2.75) is 136 Å². The lowest BCUT2D eigenvalue weighted by atomic mass is 9.89. The van der Waals surface area contributed by atoms with Crippen molar-refractivity contribution >= 4 is 40.9 Å². The first kappa shape index (κ1) is 54.4. The molecule has 2 aromatic rings. The van der Waals surface area contributed by atoms with Crippen molar-refractivity contribution in [1.29, 1.82) is 0 Å². The Balaban J connectivity index is 1.76. The maximum atomic E-state index is 14.6. The molecule has 1 aromatic carbocycles.